The van der Waals surface area contributed by atoms with Gasteiger partial charge in [-0.2, -0.15) is 0 Å². The van der Waals surface area contributed by atoms with Crippen molar-refractivity contribution in [2.45, 2.75) is 63.7 Å². The summed E-state index contributed by atoms with van der Waals surface area (Å²) >= 11 is 0. The van der Waals surface area contributed by atoms with Gasteiger partial charge in [-0.3, -0.25) is 4.79 Å². The number of Topliss-reactive ketones (excluding diaryl/α,β-unsaturated/α-hetero) is 1. The molecule has 0 aliphatic carbocycles. The molecule has 2 aliphatic rings. The third-order valence-corrected chi connectivity index (χ3v) is 9.54. The van der Waals surface area contributed by atoms with Gasteiger partial charge in [0.2, 0.25) is 0 Å². The minimum atomic E-state index is -0.296. The second kappa shape index (κ2) is 14.2. The van der Waals surface area contributed by atoms with Crippen LogP contribution in [0.1, 0.15) is 61.0 Å². The predicted molar refractivity (Wildman–Crippen MR) is 183 cm³/mol. The fourth-order valence-corrected chi connectivity index (χ4v) is 7.02. The smallest absolute Gasteiger partial charge is 0.180 e. The predicted octanol–water partition coefficient (Wildman–Crippen LogP) is 6.90. The zero-order chi connectivity index (χ0) is 30.3. The summed E-state index contributed by atoms with van der Waals surface area (Å²) in [4.78, 5) is 20.0. The van der Waals surface area contributed by atoms with E-state index in [-0.39, 0.29) is 30.0 Å². The van der Waals surface area contributed by atoms with Crippen molar-refractivity contribution in [2.75, 3.05) is 36.0 Å². The van der Waals surface area contributed by atoms with Gasteiger partial charge in [0.15, 0.2) is 5.78 Å². The van der Waals surface area contributed by atoms with Crippen molar-refractivity contribution in [3.8, 4) is 0 Å². The minimum absolute atomic E-state index is 0.136. The van der Waals surface area contributed by atoms with E-state index in [0.29, 0.717) is 13.1 Å². The van der Waals surface area contributed by atoms with Crippen LogP contribution in [0.25, 0.3) is 0 Å². The largest absolute Gasteiger partial charge is 0.360 e. The summed E-state index contributed by atoms with van der Waals surface area (Å²) in [6, 6.07) is 38.1. The lowest BCUT2D eigenvalue weighted by Gasteiger charge is -2.43. The maximum Gasteiger partial charge on any atom is 0.180 e. The summed E-state index contributed by atoms with van der Waals surface area (Å²) in [5.41, 5.74) is 7.55. The molecule has 4 atom stereocenters. The van der Waals surface area contributed by atoms with Gasteiger partial charge in [-0.25, -0.2) is 0 Å². The van der Waals surface area contributed by atoms with Crippen molar-refractivity contribution in [3.63, 3.8) is 0 Å². The molecule has 5 heteroatoms. The third kappa shape index (κ3) is 6.74. The van der Waals surface area contributed by atoms with Crippen molar-refractivity contribution >= 4 is 17.2 Å². The highest BCUT2D eigenvalue weighted by atomic mass is 16.1. The molecule has 0 saturated carbocycles. The molecule has 2 heterocycles. The molecule has 2 aliphatic heterocycles. The summed E-state index contributed by atoms with van der Waals surface area (Å²) < 4.78 is 0. The number of rotatable bonds is 12. The van der Waals surface area contributed by atoms with E-state index >= 15 is 4.79 Å². The zero-order valence-corrected chi connectivity index (χ0v) is 26.2. The third-order valence-electron chi connectivity index (χ3n) is 9.54. The van der Waals surface area contributed by atoms with Crippen LogP contribution in [0.5, 0.6) is 0 Å². The van der Waals surface area contributed by atoms with Crippen molar-refractivity contribution in [2.24, 2.45) is 0 Å². The van der Waals surface area contributed by atoms with E-state index in [0.717, 1.165) is 38.8 Å². The Bertz CT molecular complexity index is 1390. The highest BCUT2D eigenvalue weighted by Crippen LogP contribution is 2.32. The van der Waals surface area contributed by atoms with E-state index < -0.39 is 0 Å². The van der Waals surface area contributed by atoms with Crippen LogP contribution in [0, 0.1) is 0 Å². The normalized spacial score (nSPS) is 17.2. The molecule has 0 radical (unpaired) electrons. The lowest BCUT2D eigenvalue weighted by atomic mass is 9.93. The molecule has 0 fully saturated rings. The molecule has 44 heavy (non-hydrogen) atoms. The standard InChI is InChI=1S/C39H46N4O/c1-29(31-15-5-3-6-16-31)40-27-37(42-25-13-21-33-19-9-11-23-35(33)42)39(44)38(28-41-30(2)32-17-7-4-8-18-32)43-26-14-22-34-20-10-12-24-36(34)43/h3-12,15-20,23-24,29-30,37-38,40-41H,13-14,21-22,25-28H2,1-2H3. The Morgan fingerprint density at radius 3 is 1.41 bits per heavy atom. The molecule has 228 valence electrons. The van der Waals surface area contributed by atoms with Gasteiger partial charge < -0.3 is 20.4 Å². The number of ketones is 1. The number of nitrogens with one attached hydrogen (secondary N) is 2. The average molecular weight is 587 g/mol. The van der Waals surface area contributed by atoms with Gasteiger partial charge in [-0.15, -0.1) is 0 Å². The van der Waals surface area contributed by atoms with E-state index in [1.54, 1.807) is 0 Å². The highest BCUT2D eigenvalue weighted by Gasteiger charge is 2.38. The number of carbonyl (C=O) groups excluding carboxylic acids is 1. The van der Waals surface area contributed by atoms with Crippen LogP contribution in [0.2, 0.25) is 0 Å². The van der Waals surface area contributed by atoms with E-state index in [1.165, 1.54) is 33.6 Å². The van der Waals surface area contributed by atoms with E-state index in [1.807, 2.05) is 0 Å². The van der Waals surface area contributed by atoms with Crippen molar-refractivity contribution in [3.05, 3.63) is 131 Å². The minimum Gasteiger partial charge on any atom is -0.360 e. The number of anilines is 2. The first-order chi connectivity index (χ1) is 21.6. The molecule has 5 nitrogen and oxygen atoms in total. The molecule has 0 aromatic heterocycles. The Kier molecular flexibility index (Phi) is 9.74. The van der Waals surface area contributed by atoms with Gasteiger partial charge >= 0.3 is 0 Å². The number of para-hydroxylation sites is 2. The molecule has 6 rings (SSSR count). The molecular weight excluding hydrogens is 540 g/mol. The van der Waals surface area contributed by atoms with Gasteiger partial charge in [0.1, 0.15) is 12.1 Å². The first kappa shape index (κ1) is 30.1. The molecule has 0 amide bonds. The fraction of sp³-hybridized carbons (Fsp3) is 0.359. The number of fused-ring (bicyclic) bond motifs is 2. The highest BCUT2D eigenvalue weighted by molar-refractivity contribution is 5.95. The van der Waals surface area contributed by atoms with Gasteiger partial charge in [-0.1, -0.05) is 97.1 Å². The van der Waals surface area contributed by atoms with Crippen molar-refractivity contribution in [1.82, 2.24) is 10.6 Å². The molecule has 2 N–H and O–H groups in total. The number of nitrogens with zero attached hydrogens (tertiary/aromatic N) is 2. The summed E-state index contributed by atoms with van der Waals surface area (Å²) in [5, 5.41) is 7.55. The number of carbonyl (C=O) groups is 1. The Balaban J connectivity index is 1.34. The summed E-state index contributed by atoms with van der Waals surface area (Å²) in [5.74, 6) is 0.277. The maximum atomic E-state index is 15.2. The quantitative estimate of drug-likeness (QED) is 0.189. The van der Waals surface area contributed by atoms with Gasteiger partial charge in [0, 0.05) is 49.6 Å². The second-order valence-electron chi connectivity index (χ2n) is 12.4. The summed E-state index contributed by atoms with van der Waals surface area (Å²) in [7, 11) is 0. The molecule has 4 aromatic carbocycles. The van der Waals surface area contributed by atoms with Gasteiger partial charge in [0.05, 0.1) is 0 Å². The monoisotopic (exact) mass is 586 g/mol. The number of benzene rings is 4. The molecule has 0 bridgehead atoms. The Morgan fingerprint density at radius 2 is 0.977 bits per heavy atom. The SMILES string of the molecule is CC(NCC(C(=O)C(CNC(C)c1ccccc1)N1CCCc2ccccc21)N1CCCc2ccccc21)c1ccccc1. The van der Waals surface area contributed by atoms with E-state index in [9.17, 15) is 0 Å². The second-order valence-corrected chi connectivity index (χ2v) is 12.4. The number of aryl methyl sites for hydroxylation is 2. The van der Waals surface area contributed by atoms with Crippen LogP contribution in [0.15, 0.2) is 109 Å². The van der Waals surface area contributed by atoms with Crippen LogP contribution < -0.4 is 20.4 Å². The van der Waals surface area contributed by atoms with E-state index in [4.69, 9.17) is 0 Å². The number of hydrogen-bond acceptors (Lipinski definition) is 5. The first-order valence-corrected chi connectivity index (χ1v) is 16.4. The maximum absolute atomic E-state index is 15.2. The Hall–Kier alpha value is -3.93. The van der Waals surface area contributed by atoms with Crippen LogP contribution >= 0.6 is 0 Å². The Labute approximate surface area is 263 Å². The fourth-order valence-electron chi connectivity index (χ4n) is 7.02. The average Bonchev–Trinajstić information content (AvgIpc) is 3.09. The first-order valence-electron chi connectivity index (χ1n) is 16.4. The topological polar surface area (TPSA) is 47.6 Å². The summed E-state index contributed by atoms with van der Waals surface area (Å²) in [6.07, 6.45) is 4.21. The van der Waals surface area contributed by atoms with Crippen LogP contribution in [-0.4, -0.2) is 44.0 Å². The van der Waals surface area contributed by atoms with Crippen molar-refractivity contribution in [1.29, 1.82) is 0 Å². The van der Waals surface area contributed by atoms with E-state index in [2.05, 4.69) is 143 Å². The molecule has 0 spiro atoms. The zero-order valence-electron chi connectivity index (χ0n) is 26.2. The summed E-state index contributed by atoms with van der Waals surface area (Å²) in [6.45, 7) is 7.33. The van der Waals surface area contributed by atoms with Crippen molar-refractivity contribution < 1.29 is 4.79 Å². The van der Waals surface area contributed by atoms with Crippen LogP contribution in [-0.2, 0) is 17.6 Å². The molecular formula is C39H46N4O. The Morgan fingerprint density at radius 1 is 0.591 bits per heavy atom. The number of hydrogen-bond donors (Lipinski definition) is 2. The lowest BCUT2D eigenvalue weighted by Crippen LogP contribution is -2.59. The van der Waals surface area contributed by atoms with Gasteiger partial charge in [-0.05, 0) is 73.9 Å². The molecule has 0 saturated heterocycles. The van der Waals surface area contributed by atoms with Gasteiger partial charge in [0.25, 0.3) is 0 Å². The van der Waals surface area contributed by atoms with Crippen LogP contribution in [0.4, 0.5) is 11.4 Å². The lowest BCUT2D eigenvalue weighted by molar-refractivity contribution is -0.121. The molecule has 4 aromatic rings. The van der Waals surface area contributed by atoms with Crippen LogP contribution in [0.3, 0.4) is 0 Å². The molecule has 4 unspecified atom stereocenters.